The van der Waals surface area contributed by atoms with E-state index in [1.807, 2.05) is 4.90 Å². The second-order valence-corrected chi connectivity index (χ2v) is 13.8. The van der Waals surface area contributed by atoms with E-state index in [0.29, 0.717) is 25.9 Å². The highest BCUT2D eigenvalue weighted by molar-refractivity contribution is 8.02. The molecule has 36 heavy (non-hydrogen) atoms. The second-order valence-electron chi connectivity index (χ2n) is 12.2. The molecule has 3 fully saturated rings. The molecule has 0 aromatic heterocycles. The summed E-state index contributed by atoms with van der Waals surface area (Å²) >= 11 is 1.65. The van der Waals surface area contributed by atoms with Gasteiger partial charge in [0.1, 0.15) is 12.6 Å². The maximum atomic E-state index is 14.5. The van der Waals surface area contributed by atoms with Crippen LogP contribution in [-0.2, 0) is 19.1 Å². The van der Waals surface area contributed by atoms with E-state index in [1.165, 1.54) is 6.08 Å². The summed E-state index contributed by atoms with van der Waals surface area (Å²) in [6, 6.07) is -0.653. The molecule has 202 valence electrons. The molecule has 2 bridgehead atoms. The van der Waals surface area contributed by atoms with Crippen molar-refractivity contribution in [2.24, 2.45) is 17.3 Å². The van der Waals surface area contributed by atoms with E-state index < -0.39 is 28.2 Å². The molecule has 0 radical (unpaired) electrons. The van der Waals surface area contributed by atoms with Gasteiger partial charge in [-0.2, -0.15) is 0 Å². The Morgan fingerprint density at radius 2 is 1.92 bits per heavy atom. The summed E-state index contributed by atoms with van der Waals surface area (Å²) in [6.07, 6.45) is 6.72. The summed E-state index contributed by atoms with van der Waals surface area (Å²) < 4.78 is 4.78. The van der Waals surface area contributed by atoms with E-state index >= 15 is 0 Å². The third kappa shape index (κ3) is 5.26. The van der Waals surface area contributed by atoms with E-state index in [9.17, 15) is 19.5 Å². The Bertz CT molecular complexity index is 882. The van der Waals surface area contributed by atoms with Gasteiger partial charge in [0.15, 0.2) is 0 Å². The maximum Gasteiger partial charge on any atom is 0.311 e. The van der Waals surface area contributed by atoms with Crippen LogP contribution in [0.5, 0.6) is 0 Å². The Kier molecular flexibility index (Phi) is 8.71. The zero-order valence-corrected chi connectivity index (χ0v) is 23.4. The summed E-state index contributed by atoms with van der Waals surface area (Å²) in [7, 11) is 0. The van der Waals surface area contributed by atoms with Crippen molar-refractivity contribution in [2.45, 2.75) is 88.3 Å². The maximum absolute atomic E-state index is 14.5. The van der Waals surface area contributed by atoms with Crippen molar-refractivity contribution in [1.82, 2.24) is 9.80 Å². The number of nitrogens with zero attached hydrogens (tertiary/aromatic N) is 2. The SMILES string of the molecule is C=CCOC(=O)[C@@H]1[C@H]2C(=O)N(CCCCO)C(C(=O)N(CC=C)C(C)(C)CC(C)(C)C)C23CC[C@H]1S3. The van der Waals surface area contributed by atoms with Gasteiger partial charge in [0.05, 0.1) is 16.6 Å². The summed E-state index contributed by atoms with van der Waals surface area (Å²) in [5, 5.41) is 9.33. The third-order valence-electron chi connectivity index (χ3n) is 7.73. The number of carbonyl (C=O) groups excluding carboxylic acids is 3. The molecule has 3 heterocycles. The van der Waals surface area contributed by atoms with Crippen molar-refractivity contribution in [3.63, 3.8) is 0 Å². The lowest BCUT2D eigenvalue weighted by atomic mass is 9.71. The quantitative estimate of drug-likeness (QED) is 0.239. The number of amides is 2. The largest absolute Gasteiger partial charge is 0.461 e. The predicted molar refractivity (Wildman–Crippen MR) is 143 cm³/mol. The van der Waals surface area contributed by atoms with Crippen molar-refractivity contribution < 1.29 is 24.2 Å². The molecule has 3 aliphatic rings. The number of esters is 1. The fourth-order valence-electron chi connectivity index (χ4n) is 6.88. The molecule has 2 amide bonds. The standard InChI is InChI=1S/C28H44N2O5S/c1-8-14-30(27(6,7)18-26(3,4)5)24(33)22-28-13-12-19(36-28)20(25(34)35-17-9-2)21(28)23(32)29(22)15-10-11-16-31/h8-9,19-22,31H,1-2,10-18H2,3-7H3/t19-,20+,21+,22?,28?/m1/s1. The smallest absolute Gasteiger partial charge is 0.311 e. The number of thioether (sulfide) groups is 1. The number of likely N-dealkylation sites (tertiary alicyclic amines) is 1. The van der Waals surface area contributed by atoms with Crippen molar-refractivity contribution in [3.05, 3.63) is 25.3 Å². The molecular weight excluding hydrogens is 476 g/mol. The summed E-state index contributed by atoms with van der Waals surface area (Å²) in [4.78, 5) is 45.2. The molecule has 2 unspecified atom stereocenters. The molecule has 0 aromatic carbocycles. The average Bonchev–Trinajstić information content (AvgIpc) is 3.41. The number of aliphatic hydroxyl groups excluding tert-OH is 1. The molecule has 3 aliphatic heterocycles. The molecule has 3 saturated heterocycles. The number of unbranched alkanes of at least 4 members (excludes halogenated alkanes) is 1. The molecule has 1 spiro atoms. The summed E-state index contributed by atoms with van der Waals surface area (Å²) in [5.41, 5.74) is -0.460. The first kappa shape index (κ1) is 28.8. The van der Waals surface area contributed by atoms with Gasteiger partial charge in [0.25, 0.3) is 0 Å². The van der Waals surface area contributed by atoms with E-state index in [1.54, 1.807) is 22.7 Å². The summed E-state index contributed by atoms with van der Waals surface area (Å²) in [6.45, 7) is 19.1. The van der Waals surface area contributed by atoms with Gasteiger partial charge in [-0.15, -0.1) is 18.3 Å². The molecule has 0 saturated carbocycles. The van der Waals surface area contributed by atoms with Gasteiger partial charge in [-0.25, -0.2) is 0 Å². The molecule has 3 rings (SSSR count). The van der Waals surface area contributed by atoms with Crippen LogP contribution in [0.3, 0.4) is 0 Å². The minimum atomic E-state index is -0.653. The molecule has 8 heteroatoms. The lowest BCUT2D eigenvalue weighted by Crippen LogP contribution is -2.60. The van der Waals surface area contributed by atoms with E-state index in [2.05, 4.69) is 47.8 Å². The molecule has 1 N–H and O–H groups in total. The number of carbonyl (C=O) groups is 3. The highest BCUT2D eigenvalue weighted by Crippen LogP contribution is 2.66. The zero-order valence-electron chi connectivity index (χ0n) is 22.6. The Morgan fingerprint density at radius 3 is 2.50 bits per heavy atom. The number of rotatable bonds is 12. The monoisotopic (exact) mass is 520 g/mol. The van der Waals surface area contributed by atoms with Gasteiger partial charge in [0.2, 0.25) is 11.8 Å². The average molecular weight is 521 g/mol. The van der Waals surface area contributed by atoms with Crippen molar-refractivity contribution >= 4 is 29.5 Å². The number of hydrogen-bond acceptors (Lipinski definition) is 6. The van der Waals surface area contributed by atoms with Crippen LogP contribution in [0, 0.1) is 17.3 Å². The zero-order chi connectivity index (χ0) is 26.9. The molecule has 5 atom stereocenters. The summed E-state index contributed by atoms with van der Waals surface area (Å²) in [5.74, 6) is -1.69. The molecule has 7 nitrogen and oxygen atoms in total. The number of ether oxygens (including phenoxy) is 1. The highest BCUT2D eigenvalue weighted by Gasteiger charge is 2.74. The Hall–Kier alpha value is -1.80. The van der Waals surface area contributed by atoms with E-state index in [0.717, 1.165) is 19.3 Å². The van der Waals surface area contributed by atoms with Crippen molar-refractivity contribution in [2.75, 3.05) is 26.3 Å². The Labute approximate surface area is 220 Å². The predicted octanol–water partition coefficient (Wildman–Crippen LogP) is 3.81. The third-order valence-corrected chi connectivity index (χ3v) is 9.68. The van der Waals surface area contributed by atoms with E-state index in [4.69, 9.17) is 4.74 Å². The van der Waals surface area contributed by atoms with Crippen molar-refractivity contribution in [3.8, 4) is 0 Å². The van der Waals surface area contributed by atoms with Crippen LogP contribution >= 0.6 is 11.8 Å². The molecule has 0 aliphatic carbocycles. The highest BCUT2D eigenvalue weighted by atomic mass is 32.2. The van der Waals surface area contributed by atoms with Crippen LogP contribution in [-0.4, -0.2) is 80.6 Å². The fourth-order valence-corrected chi connectivity index (χ4v) is 9.08. The minimum Gasteiger partial charge on any atom is -0.461 e. The van der Waals surface area contributed by atoms with Crippen LogP contribution < -0.4 is 0 Å². The van der Waals surface area contributed by atoms with Crippen molar-refractivity contribution in [1.29, 1.82) is 0 Å². The first-order valence-corrected chi connectivity index (χ1v) is 14.0. The second kappa shape index (κ2) is 10.9. The van der Waals surface area contributed by atoms with Gasteiger partial charge in [0, 0.05) is 30.5 Å². The Morgan fingerprint density at radius 1 is 1.22 bits per heavy atom. The molecule has 0 aromatic rings. The lowest BCUT2D eigenvalue weighted by Gasteiger charge is -2.46. The van der Waals surface area contributed by atoms with Gasteiger partial charge >= 0.3 is 5.97 Å². The van der Waals surface area contributed by atoms with Gasteiger partial charge < -0.3 is 19.6 Å². The van der Waals surface area contributed by atoms with Crippen LogP contribution in [0.1, 0.15) is 66.7 Å². The van der Waals surface area contributed by atoms with Crippen LogP contribution in [0.4, 0.5) is 0 Å². The van der Waals surface area contributed by atoms with Gasteiger partial charge in [-0.1, -0.05) is 39.5 Å². The van der Waals surface area contributed by atoms with Crippen LogP contribution in [0.25, 0.3) is 0 Å². The number of fused-ring (bicyclic) bond motifs is 1. The lowest BCUT2D eigenvalue weighted by molar-refractivity contribution is -0.153. The first-order valence-electron chi connectivity index (χ1n) is 13.1. The van der Waals surface area contributed by atoms with Crippen LogP contribution in [0.15, 0.2) is 25.3 Å². The van der Waals surface area contributed by atoms with E-state index in [-0.39, 0.29) is 41.7 Å². The first-order chi connectivity index (χ1) is 16.8. The minimum absolute atomic E-state index is 0.00308. The number of aliphatic hydroxyl groups is 1. The fraction of sp³-hybridized carbons (Fsp3) is 0.750. The van der Waals surface area contributed by atoms with Gasteiger partial charge in [-0.05, 0) is 51.4 Å². The Balaban J connectivity index is 2.03. The normalized spacial score (nSPS) is 29.3. The topological polar surface area (TPSA) is 87.1 Å². The van der Waals surface area contributed by atoms with Crippen LogP contribution in [0.2, 0.25) is 0 Å². The molecular formula is C28H44N2O5S. The van der Waals surface area contributed by atoms with Gasteiger partial charge in [-0.3, -0.25) is 14.4 Å². The number of hydrogen-bond donors (Lipinski definition) is 1.